The summed E-state index contributed by atoms with van der Waals surface area (Å²) in [4.78, 5) is 30.2. The van der Waals surface area contributed by atoms with E-state index in [1.807, 2.05) is 31.2 Å². The van der Waals surface area contributed by atoms with Crippen LogP contribution in [-0.2, 0) is 14.3 Å². The minimum Gasteiger partial charge on any atom is -0.507 e. The first-order valence-corrected chi connectivity index (χ1v) is 12.0. The van der Waals surface area contributed by atoms with Gasteiger partial charge in [0.25, 0.3) is 11.7 Å². The van der Waals surface area contributed by atoms with Crippen LogP contribution in [0.5, 0.6) is 5.75 Å². The molecule has 0 aromatic heterocycles. The molecule has 0 saturated carbocycles. The van der Waals surface area contributed by atoms with Crippen LogP contribution in [0, 0.1) is 6.92 Å². The fourth-order valence-corrected chi connectivity index (χ4v) is 4.52. The van der Waals surface area contributed by atoms with E-state index in [2.05, 4.69) is 11.5 Å². The second kappa shape index (κ2) is 11.3. The molecule has 0 radical (unpaired) electrons. The Morgan fingerprint density at radius 3 is 2.43 bits per heavy atom. The average Bonchev–Trinajstić information content (AvgIpc) is 3.13. The van der Waals surface area contributed by atoms with Crippen LogP contribution in [0.25, 0.3) is 5.76 Å². The number of aliphatic hydroxyl groups is 1. The second-order valence-corrected chi connectivity index (χ2v) is 8.83. The van der Waals surface area contributed by atoms with Gasteiger partial charge in [0, 0.05) is 31.7 Å². The van der Waals surface area contributed by atoms with E-state index in [1.54, 1.807) is 35.2 Å². The van der Waals surface area contributed by atoms with E-state index in [0.717, 1.165) is 37.2 Å². The summed E-state index contributed by atoms with van der Waals surface area (Å²) < 4.78 is 10.9. The molecule has 1 atom stereocenters. The molecule has 2 fully saturated rings. The zero-order valence-electron chi connectivity index (χ0n) is 20.1. The number of aryl methyl sites for hydroxylation is 1. The molecule has 184 valence electrons. The van der Waals surface area contributed by atoms with Gasteiger partial charge < -0.3 is 19.5 Å². The Labute approximate surface area is 206 Å². The number of carbonyl (C=O) groups excluding carboxylic acids is 2. The highest BCUT2D eigenvalue weighted by Gasteiger charge is 2.45. The number of hydrogen-bond donors (Lipinski definition) is 1. The molecule has 2 aromatic rings. The number of aliphatic hydroxyl groups excluding tert-OH is 1. The smallest absolute Gasteiger partial charge is 0.295 e. The summed E-state index contributed by atoms with van der Waals surface area (Å²) in [6.45, 7) is 10.4. The van der Waals surface area contributed by atoms with E-state index in [4.69, 9.17) is 9.47 Å². The van der Waals surface area contributed by atoms with Crippen LogP contribution < -0.4 is 4.74 Å². The quantitative estimate of drug-likeness (QED) is 0.257. The highest BCUT2D eigenvalue weighted by molar-refractivity contribution is 6.46. The number of nitrogens with zero attached hydrogens (tertiary/aromatic N) is 2. The Morgan fingerprint density at radius 2 is 1.77 bits per heavy atom. The lowest BCUT2D eigenvalue weighted by molar-refractivity contribution is -0.140. The second-order valence-electron chi connectivity index (χ2n) is 8.83. The van der Waals surface area contributed by atoms with Gasteiger partial charge in [-0.1, -0.05) is 42.5 Å². The molecule has 7 nitrogen and oxygen atoms in total. The number of carbonyl (C=O) groups is 2. The summed E-state index contributed by atoms with van der Waals surface area (Å²) in [7, 11) is 0. The molecule has 0 bridgehead atoms. The topological polar surface area (TPSA) is 79.3 Å². The third-order valence-electron chi connectivity index (χ3n) is 6.41. The minimum atomic E-state index is -0.661. The van der Waals surface area contributed by atoms with Gasteiger partial charge in [-0.05, 0) is 43.2 Å². The molecule has 1 amide bonds. The molecule has 7 heteroatoms. The van der Waals surface area contributed by atoms with Crippen molar-refractivity contribution in [3.8, 4) is 5.75 Å². The molecule has 2 aliphatic rings. The van der Waals surface area contributed by atoms with Crippen molar-refractivity contribution >= 4 is 17.4 Å². The third-order valence-corrected chi connectivity index (χ3v) is 6.41. The van der Waals surface area contributed by atoms with Gasteiger partial charge in [-0.15, -0.1) is 0 Å². The van der Waals surface area contributed by atoms with Crippen molar-refractivity contribution in [2.24, 2.45) is 0 Å². The summed E-state index contributed by atoms with van der Waals surface area (Å²) in [6.07, 6.45) is 2.38. The monoisotopic (exact) mass is 476 g/mol. The molecule has 0 aliphatic carbocycles. The molecule has 2 saturated heterocycles. The molecule has 2 aromatic carbocycles. The van der Waals surface area contributed by atoms with Gasteiger partial charge >= 0.3 is 0 Å². The van der Waals surface area contributed by atoms with Crippen molar-refractivity contribution in [1.29, 1.82) is 0 Å². The molecule has 1 N–H and O–H groups in total. The van der Waals surface area contributed by atoms with E-state index < -0.39 is 17.7 Å². The number of ketones is 1. The SMILES string of the molecule is C=CCOc1ccc(C(O)=C2C(=O)C(=O)N(CCCN3CCOCC3)[C@H]2c2ccc(C)cc2)cc1. The Morgan fingerprint density at radius 1 is 1.09 bits per heavy atom. The molecule has 35 heavy (non-hydrogen) atoms. The molecule has 2 aliphatic heterocycles. The van der Waals surface area contributed by atoms with Gasteiger partial charge in [0.1, 0.15) is 18.1 Å². The average molecular weight is 477 g/mol. The summed E-state index contributed by atoms with van der Waals surface area (Å²) in [6, 6.07) is 13.9. The molecule has 2 heterocycles. The summed E-state index contributed by atoms with van der Waals surface area (Å²) in [5, 5.41) is 11.2. The Bertz CT molecular complexity index is 1090. The predicted molar refractivity (Wildman–Crippen MR) is 134 cm³/mol. The number of benzene rings is 2. The predicted octanol–water partition coefficient (Wildman–Crippen LogP) is 3.70. The van der Waals surface area contributed by atoms with E-state index in [1.165, 1.54) is 0 Å². The van der Waals surface area contributed by atoms with Gasteiger partial charge in [0.2, 0.25) is 0 Å². The van der Waals surface area contributed by atoms with Crippen molar-refractivity contribution in [3.63, 3.8) is 0 Å². The molecular formula is C28H32N2O5. The molecular weight excluding hydrogens is 444 g/mol. The lowest BCUT2D eigenvalue weighted by Gasteiger charge is -2.29. The fourth-order valence-electron chi connectivity index (χ4n) is 4.52. The van der Waals surface area contributed by atoms with Gasteiger partial charge in [-0.25, -0.2) is 0 Å². The third kappa shape index (κ3) is 5.63. The van der Waals surface area contributed by atoms with Crippen molar-refractivity contribution in [2.45, 2.75) is 19.4 Å². The molecule has 0 spiro atoms. The van der Waals surface area contributed by atoms with Gasteiger partial charge in [0.15, 0.2) is 0 Å². The summed E-state index contributed by atoms with van der Waals surface area (Å²) in [5.41, 5.74) is 2.45. The lowest BCUT2D eigenvalue weighted by atomic mass is 9.94. The number of likely N-dealkylation sites (tertiary alicyclic amines) is 1. The highest BCUT2D eigenvalue weighted by atomic mass is 16.5. The first-order chi connectivity index (χ1) is 17.0. The number of hydrogen-bond acceptors (Lipinski definition) is 6. The Balaban J connectivity index is 1.63. The van der Waals surface area contributed by atoms with Crippen molar-refractivity contribution in [1.82, 2.24) is 9.80 Å². The van der Waals surface area contributed by atoms with Crippen LogP contribution in [0.1, 0.15) is 29.2 Å². The number of amides is 1. The number of rotatable bonds is 9. The van der Waals surface area contributed by atoms with E-state index in [0.29, 0.717) is 37.7 Å². The maximum Gasteiger partial charge on any atom is 0.295 e. The minimum absolute atomic E-state index is 0.116. The van der Waals surface area contributed by atoms with Gasteiger partial charge in [-0.3, -0.25) is 14.5 Å². The van der Waals surface area contributed by atoms with Crippen LogP contribution in [0.4, 0.5) is 0 Å². The first kappa shape index (κ1) is 24.7. The lowest BCUT2D eigenvalue weighted by Crippen LogP contribution is -2.38. The normalized spacial score (nSPS) is 20.3. The van der Waals surface area contributed by atoms with Crippen molar-refractivity contribution < 1.29 is 24.2 Å². The standard InChI is InChI=1S/C28H32N2O5/c1-3-17-35-23-11-9-22(10-12-23)26(31)24-25(21-7-5-20(2)6-8-21)30(28(33)27(24)32)14-4-13-29-15-18-34-19-16-29/h3,5-12,25,31H,1,4,13-19H2,2H3/t25-/m0/s1. The van der Waals surface area contributed by atoms with E-state index in [9.17, 15) is 14.7 Å². The van der Waals surface area contributed by atoms with Crippen molar-refractivity contribution in [2.75, 3.05) is 46.0 Å². The number of ether oxygens (including phenoxy) is 2. The number of Topliss-reactive ketones (excluding diaryl/α,β-unsaturated/α-hetero) is 1. The van der Waals surface area contributed by atoms with Crippen LogP contribution in [0.3, 0.4) is 0 Å². The van der Waals surface area contributed by atoms with Crippen LogP contribution in [0.15, 0.2) is 66.8 Å². The molecule has 4 rings (SSSR count). The van der Waals surface area contributed by atoms with Crippen LogP contribution in [0.2, 0.25) is 0 Å². The van der Waals surface area contributed by atoms with Crippen LogP contribution in [-0.4, -0.2) is 72.6 Å². The van der Waals surface area contributed by atoms with E-state index >= 15 is 0 Å². The van der Waals surface area contributed by atoms with Gasteiger partial charge in [0.05, 0.1) is 24.8 Å². The van der Waals surface area contributed by atoms with Crippen molar-refractivity contribution in [3.05, 3.63) is 83.4 Å². The zero-order valence-corrected chi connectivity index (χ0v) is 20.1. The molecule has 0 unspecified atom stereocenters. The first-order valence-electron chi connectivity index (χ1n) is 12.0. The number of morpholine rings is 1. The maximum absolute atomic E-state index is 13.2. The Hall–Kier alpha value is -3.42. The Kier molecular flexibility index (Phi) is 8.00. The highest BCUT2D eigenvalue weighted by Crippen LogP contribution is 2.39. The summed E-state index contributed by atoms with van der Waals surface area (Å²) in [5.74, 6) is -0.795. The van der Waals surface area contributed by atoms with Crippen LogP contribution >= 0.6 is 0 Å². The zero-order chi connectivity index (χ0) is 24.8. The largest absolute Gasteiger partial charge is 0.507 e. The maximum atomic E-state index is 13.2. The van der Waals surface area contributed by atoms with Gasteiger partial charge in [-0.2, -0.15) is 0 Å². The van der Waals surface area contributed by atoms with E-state index in [-0.39, 0.29) is 11.3 Å². The summed E-state index contributed by atoms with van der Waals surface area (Å²) >= 11 is 0. The fraction of sp³-hybridized carbons (Fsp3) is 0.357.